The Bertz CT molecular complexity index is 445. The molecule has 13 heavy (non-hydrogen) atoms. The Morgan fingerprint density at radius 2 is 2.23 bits per heavy atom. The van der Waals surface area contributed by atoms with Crippen LogP contribution in [0.2, 0.25) is 0 Å². The fourth-order valence-electron chi connectivity index (χ4n) is 1.68. The van der Waals surface area contributed by atoms with E-state index in [1.807, 2.05) is 30.8 Å². The summed E-state index contributed by atoms with van der Waals surface area (Å²) in [6.07, 6.45) is 3.78. The van der Waals surface area contributed by atoms with E-state index in [0.29, 0.717) is 0 Å². The number of nitrogens with zero attached hydrogens (tertiary/aromatic N) is 2. The number of fused-ring (bicyclic) bond motifs is 1. The predicted octanol–water partition coefficient (Wildman–Crippen LogP) is 1.89. The zero-order valence-electron chi connectivity index (χ0n) is 8.03. The van der Waals surface area contributed by atoms with E-state index >= 15 is 0 Å². The van der Waals surface area contributed by atoms with Crippen molar-refractivity contribution >= 4 is 10.9 Å². The van der Waals surface area contributed by atoms with Crippen molar-refractivity contribution in [1.82, 2.24) is 9.55 Å². The third-order valence-electron chi connectivity index (χ3n) is 2.26. The fraction of sp³-hybridized carbons (Fsp3) is 0.300. The monoisotopic (exact) mass is 176 g/mol. The van der Waals surface area contributed by atoms with E-state index in [-0.39, 0.29) is 0 Å². The average molecular weight is 176 g/mol. The molecule has 0 spiro atoms. The van der Waals surface area contributed by atoms with Crippen LogP contribution < -0.4 is 4.74 Å². The maximum atomic E-state index is 5.25. The third-order valence-corrected chi connectivity index (χ3v) is 2.26. The van der Waals surface area contributed by atoms with Crippen LogP contribution in [0.25, 0.3) is 10.9 Å². The number of methoxy groups -OCH3 is 1. The minimum absolute atomic E-state index is 0.906. The van der Waals surface area contributed by atoms with Gasteiger partial charge in [-0.2, -0.15) is 0 Å². The van der Waals surface area contributed by atoms with Crippen molar-refractivity contribution in [3.63, 3.8) is 0 Å². The maximum Gasteiger partial charge on any atom is 0.144 e. The Morgan fingerprint density at radius 1 is 1.46 bits per heavy atom. The van der Waals surface area contributed by atoms with Crippen molar-refractivity contribution < 1.29 is 4.74 Å². The first-order valence-corrected chi connectivity index (χ1v) is 4.18. The second-order valence-electron chi connectivity index (χ2n) is 3.10. The molecule has 2 aromatic rings. The molecule has 0 fully saturated rings. The molecule has 0 N–H and O–H groups in total. The van der Waals surface area contributed by atoms with Gasteiger partial charge < -0.3 is 9.30 Å². The Hall–Kier alpha value is -1.51. The molecule has 68 valence electrons. The number of pyridine rings is 1. The zero-order valence-corrected chi connectivity index (χ0v) is 8.03. The number of ether oxygens (including phenoxy) is 1. The summed E-state index contributed by atoms with van der Waals surface area (Å²) in [6.45, 7) is 2.00. The van der Waals surface area contributed by atoms with Crippen molar-refractivity contribution in [3.05, 3.63) is 24.2 Å². The van der Waals surface area contributed by atoms with E-state index in [0.717, 1.165) is 22.3 Å². The van der Waals surface area contributed by atoms with Gasteiger partial charge in [0, 0.05) is 24.8 Å². The number of hydrogen-bond acceptors (Lipinski definition) is 2. The second kappa shape index (κ2) is 2.76. The zero-order chi connectivity index (χ0) is 9.42. The van der Waals surface area contributed by atoms with Crippen LogP contribution in [0.3, 0.4) is 0 Å². The molecule has 0 aromatic carbocycles. The summed E-state index contributed by atoms with van der Waals surface area (Å²) in [6, 6.07) is 1.97. The summed E-state index contributed by atoms with van der Waals surface area (Å²) < 4.78 is 7.29. The van der Waals surface area contributed by atoms with Gasteiger partial charge in [-0.15, -0.1) is 0 Å². The van der Waals surface area contributed by atoms with Gasteiger partial charge in [0.05, 0.1) is 18.3 Å². The van der Waals surface area contributed by atoms with Gasteiger partial charge in [0.2, 0.25) is 0 Å². The quantitative estimate of drug-likeness (QED) is 0.663. The minimum Gasteiger partial charge on any atom is -0.495 e. The molecule has 0 radical (unpaired) electrons. The second-order valence-corrected chi connectivity index (χ2v) is 3.10. The van der Waals surface area contributed by atoms with Gasteiger partial charge >= 0.3 is 0 Å². The number of aryl methyl sites for hydroxylation is 2. The van der Waals surface area contributed by atoms with Crippen LogP contribution >= 0.6 is 0 Å². The molecule has 0 aliphatic rings. The summed E-state index contributed by atoms with van der Waals surface area (Å²) in [7, 11) is 3.68. The highest BCUT2D eigenvalue weighted by Crippen LogP contribution is 2.27. The van der Waals surface area contributed by atoms with Crippen molar-refractivity contribution in [1.29, 1.82) is 0 Å². The molecule has 0 aliphatic heterocycles. The molecule has 3 heteroatoms. The maximum absolute atomic E-state index is 5.25. The lowest BCUT2D eigenvalue weighted by molar-refractivity contribution is 0.418. The standard InChI is InChI=1S/C10H12N2O/c1-7-10-8(4-5-11-7)9(13-3)6-12(10)2/h4-6H,1-3H3. The lowest BCUT2D eigenvalue weighted by Gasteiger charge is -1.98. The Kier molecular flexibility index (Phi) is 1.72. The van der Waals surface area contributed by atoms with Crippen LogP contribution in [-0.2, 0) is 7.05 Å². The molecule has 0 amide bonds. The van der Waals surface area contributed by atoms with Gasteiger partial charge in [-0.05, 0) is 13.0 Å². The topological polar surface area (TPSA) is 27.1 Å². The summed E-state index contributed by atoms with van der Waals surface area (Å²) in [5, 5.41) is 1.12. The third kappa shape index (κ3) is 1.08. The smallest absolute Gasteiger partial charge is 0.144 e. The van der Waals surface area contributed by atoms with E-state index in [4.69, 9.17) is 4.74 Å². The lowest BCUT2D eigenvalue weighted by Crippen LogP contribution is -1.88. The summed E-state index contributed by atoms with van der Waals surface area (Å²) in [4.78, 5) is 4.24. The molecule has 3 nitrogen and oxygen atoms in total. The average Bonchev–Trinajstić information content (AvgIpc) is 2.44. The molecule has 0 aliphatic carbocycles. The fourth-order valence-corrected chi connectivity index (χ4v) is 1.68. The number of rotatable bonds is 1. The Balaban J connectivity index is 2.87. The minimum atomic E-state index is 0.906. The summed E-state index contributed by atoms with van der Waals surface area (Å²) in [5.74, 6) is 0.906. The highest BCUT2D eigenvalue weighted by atomic mass is 16.5. The van der Waals surface area contributed by atoms with Gasteiger partial charge in [0.1, 0.15) is 5.75 Å². The molecule has 0 saturated carbocycles. The molecule has 2 rings (SSSR count). The van der Waals surface area contributed by atoms with Crippen LogP contribution in [0, 0.1) is 6.92 Å². The van der Waals surface area contributed by atoms with Gasteiger partial charge in [-0.3, -0.25) is 4.98 Å². The van der Waals surface area contributed by atoms with Crippen molar-refractivity contribution in [3.8, 4) is 5.75 Å². The van der Waals surface area contributed by atoms with E-state index in [1.165, 1.54) is 0 Å². The van der Waals surface area contributed by atoms with Crippen LogP contribution in [0.1, 0.15) is 5.69 Å². The molecular weight excluding hydrogens is 164 g/mol. The van der Waals surface area contributed by atoms with E-state index in [2.05, 4.69) is 4.98 Å². The first kappa shape index (κ1) is 8.10. The largest absolute Gasteiger partial charge is 0.495 e. The Labute approximate surface area is 77.0 Å². The normalized spacial score (nSPS) is 10.7. The number of hydrogen-bond donors (Lipinski definition) is 0. The Morgan fingerprint density at radius 3 is 2.92 bits per heavy atom. The van der Waals surface area contributed by atoms with E-state index in [1.54, 1.807) is 13.3 Å². The van der Waals surface area contributed by atoms with Gasteiger partial charge in [0.25, 0.3) is 0 Å². The van der Waals surface area contributed by atoms with Crippen molar-refractivity contribution in [2.24, 2.45) is 7.05 Å². The highest BCUT2D eigenvalue weighted by Gasteiger charge is 2.08. The van der Waals surface area contributed by atoms with Crippen LogP contribution in [0.4, 0.5) is 0 Å². The molecule has 0 saturated heterocycles. The van der Waals surface area contributed by atoms with E-state index in [9.17, 15) is 0 Å². The predicted molar refractivity (Wildman–Crippen MR) is 52.0 cm³/mol. The number of aromatic nitrogens is 2. The van der Waals surface area contributed by atoms with Crippen molar-refractivity contribution in [2.45, 2.75) is 6.92 Å². The highest BCUT2D eigenvalue weighted by molar-refractivity contribution is 5.88. The first-order chi connectivity index (χ1) is 6.24. The van der Waals surface area contributed by atoms with Gasteiger partial charge in [0.15, 0.2) is 0 Å². The molecule has 2 heterocycles. The molecule has 0 bridgehead atoms. The van der Waals surface area contributed by atoms with Crippen LogP contribution in [0.15, 0.2) is 18.5 Å². The molecule has 0 unspecified atom stereocenters. The molecular formula is C10H12N2O. The van der Waals surface area contributed by atoms with E-state index < -0.39 is 0 Å². The molecule has 0 atom stereocenters. The summed E-state index contributed by atoms with van der Waals surface area (Å²) >= 11 is 0. The lowest BCUT2D eigenvalue weighted by atomic mass is 10.2. The van der Waals surface area contributed by atoms with Crippen LogP contribution in [-0.4, -0.2) is 16.7 Å². The van der Waals surface area contributed by atoms with Crippen LogP contribution in [0.5, 0.6) is 5.75 Å². The molecule has 2 aromatic heterocycles. The van der Waals surface area contributed by atoms with Crippen molar-refractivity contribution in [2.75, 3.05) is 7.11 Å². The van der Waals surface area contributed by atoms with Gasteiger partial charge in [-0.1, -0.05) is 0 Å². The first-order valence-electron chi connectivity index (χ1n) is 4.18. The SMILES string of the molecule is COc1cn(C)c2c(C)nccc12. The van der Waals surface area contributed by atoms with Gasteiger partial charge in [-0.25, -0.2) is 0 Å². The summed E-state index contributed by atoms with van der Waals surface area (Å²) in [5.41, 5.74) is 2.17.